The van der Waals surface area contributed by atoms with Crippen LogP contribution < -0.4 is 15.4 Å². The number of carboxylic acids is 1. The Morgan fingerprint density at radius 1 is 1.11 bits per heavy atom. The lowest BCUT2D eigenvalue weighted by atomic mass is 9.95. The van der Waals surface area contributed by atoms with Crippen molar-refractivity contribution >= 4 is 47.1 Å². The highest BCUT2D eigenvalue weighted by Crippen LogP contribution is 2.50. The van der Waals surface area contributed by atoms with Gasteiger partial charge in [0, 0.05) is 9.77 Å². The molecule has 2 fully saturated rings. The van der Waals surface area contributed by atoms with Gasteiger partial charge in [-0.15, -0.1) is 11.8 Å². The summed E-state index contributed by atoms with van der Waals surface area (Å²) in [6.07, 6.45) is 0. The Morgan fingerprint density at radius 3 is 2.32 bits per heavy atom. The molecule has 0 aromatic heterocycles. The average Bonchev–Trinajstić information content (AvgIpc) is 3.10. The summed E-state index contributed by atoms with van der Waals surface area (Å²) in [6.45, 7) is 6.68. The van der Waals surface area contributed by atoms with Gasteiger partial charge in [-0.25, -0.2) is 4.79 Å². The molecule has 2 saturated heterocycles. The van der Waals surface area contributed by atoms with E-state index in [1.165, 1.54) is 16.7 Å². The minimum atomic E-state index is -1.34. The molecule has 37 heavy (non-hydrogen) atoms. The van der Waals surface area contributed by atoms with Crippen LogP contribution in [0.4, 0.5) is 0 Å². The Bertz CT molecular complexity index is 1220. The van der Waals surface area contributed by atoms with Crippen molar-refractivity contribution in [3.8, 4) is 5.75 Å². The molecule has 3 amide bonds. The van der Waals surface area contributed by atoms with Crippen LogP contribution in [-0.4, -0.2) is 61.5 Å². The summed E-state index contributed by atoms with van der Waals surface area (Å²) in [5, 5.41) is 15.1. The van der Waals surface area contributed by atoms with E-state index in [-0.39, 0.29) is 0 Å². The largest absolute Gasteiger partial charge is 0.480 e. The predicted molar refractivity (Wildman–Crippen MR) is 139 cm³/mol. The molecule has 0 radical (unpaired) electrons. The van der Waals surface area contributed by atoms with Crippen molar-refractivity contribution in [3.05, 3.63) is 65.2 Å². The fourth-order valence-corrected chi connectivity index (χ4v) is 6.23. The fourth-order valence-electron chi connectivity index (χ4n) is 4.48. The number of carbonyl (C=O) groups excluding carboxylic acids is 3. The average molecular weight is 546 g/mol. The first-order valence-corrected chi connectivity index (χ1v) is 12.9. The summed E-state index contributed by atoms with van der Waals surface area (Å²) in [5.74, 6) is -2.25. The number of ether oxygens (including phenoxy) is 1. The number of carbonyl (C=O) groups is 4. The van der Waals surface area contributed by atoms with Crippen LogP contribution in [0.15, 0.2) is 54.6 Å². The summed E-state index contributed by atoms with van der Waals surface area (Å²) in [5.41, 5.74) is -0.827. The molecule has 2 aliphatic rings. The topological polar surface area (TPSA) is 125 Å². The first-order valence-electron chi connectivity index (χ1n) is 11.7. The van der Waals surface area contributed by atoms with E-state index in [1.54, 1.807) is 82.3 Å². The van der Waals surface area contributed by atoms with Crippen LogP contribution in [0.5, 0.6) is 5.75 Å². The van der Waals surface area contributed by atoms with Crippen molar-refractivity contribution in [1.82, 2.24) is 15.5 Å². The monoisotopic (exact) mass is 545 g/mol. The van der Waals surface area contributed by atoms with Crippen LogP contribution in [0.3, 0.4) is 0 Å². The van der Waals surface area contributed by atoms with Crippen molar-refractivity contribution in [2.24, 2.45) is 0 Å². The molecule has 2 aromatic rings. The molecule has 3 N–H and O–H groups in total. The predicted octanol–water partition coefficient (Wildman–Crippen LogP) is 2.99. The lowest BCUT2D eigenvalue weighted by molar-refractivity contribution is -0.161. The standard InChI is InChI=1S/C26H28ClN3O6S/c1-25(2,36-16-12-10-15(27)11-13-16)24(35)29-17(14-8-6-5-7-9-14)20(31)28-18-21(32)30-19(23(33)34)26(3,4)37-22(18)30/h5-13,17-19,22H,1-4H3,(H,28,31)(H,29,35)(H,33,34)/t17?,18-,19+,22-/m1/s1. The second kappa shape index (κ2) is 9.90. The molecule has 2 aliphatic heterocycles. The van der Waals surface area contributed by atoms with Crippen LogP contribution in [0.1, 0.15) is 39.3 Å². The molecule has 0 saturated carbocycles. The van der Waals surface area contributed by atoms with E-state index in [4.69, 9.17) is 16.3 Å². The number of rotatable bonds is 8. The number of nitrogens with one attached hydrogen (secondary N) is 2. The zero-order valence-electron chi connectivity index (χ0n) is 20.7. The molecule has 196 valence electrons. The number of fused-ring (bicyclic) bond motifs is 1. The van der Waals surface area contributed by atoms with E-state index in [0.29, 0.717) is 16.3 Å². The van der Waals surface area contributed by atoms with E-state index in [9.17, 15) is 24.3 Å². The minimum absolute atomic E-state index is 0.430. The van der Waals surface area contributed by atoms with Gasteiger partial charge in [0.2, 0.25) is 11.8 Å². The van der Waals surface area contributed by atoms with Gasteiger partial charge in [0.1, 0.15) is 29.2 Å². The number of hydrogen-bond donors (Lipinski definition) is 3. The van der Waals surface area contributed by atoms with E-state index in [2.05, 4.69) is 10.6 Å². The van der Waals surface area contributed by atoms with E-state index >= 15 is 0 Å². The van der Waals surface area contributed by atoms with Gasteiger partial charge in [0.25, 0.3) is 5.91 Å². The van der Waals surface area contributed by atoms with Gasteiger partial charge < -0.3 is 25.4 Å². The Morgan fingerprint density at radius 2 is 1.73 bits per heavy atom. The maximum atomic E-state index is 13.4. The number of halogens is 1. The Kier molecular flexibility index (Phi) is 7.18. The molecule has 0 spiro atoms. The number of nitrogens with zero attached hydrogens (tertiary/aromatic N) is 1. The highest BCUT2D eigenvalue weighted by molar-refractivity contribution is 8.01. The Balaban J connectivity index is 1.51. The summed E-state index contributed by atoms with van der Waals surface area (Å²) >= 11 is 7.25. The molecule has 4 rings (SSSR count). The highest BCUT2D eigenvalue weighted by atomic mass is 35.5. The molecule has 2 heterocycles. The quantitative estimate of drug-likeness (QED) is 0.435. The molecule has 4 atom stereocenters. The molecule has 9 nitrogen and oxygen atoms in total. The summed E-state index contributed by atoms with van der Waals surface area (Å²) < 4.78 is 5.14. The van der Waals surface area contributed by atoms with Crippen molar-refractivity contribution in [2.75, 3.05) is 0 Å². The number of hydrogen-bond acceptors (Lipinski definition) is 6. The van der Waals surface area contributed by atoms with Gasteiger partial charge in [0.05, 0.1) is 0 Å². The number of aliphatic carboxylic acids is 1. The summed E-state index contributed by atoms with van der Waals surface area (Å²) in [4.78, 5) is 52.6. The van der Waals surface area contributed by atoms with Crippen LogP contribution in [-0.2, 0) is 19.2 Å². The van der Waals surface area contributed by atoms with Crippen molar-refractivity contribution in [1.29, 1.82) is 0 Å². The Hall–Kier alpha value is -3.24. The fraction of sp³-hybridized carbons (Fsp3) is 0.385. The van der Waals surface area contributed by atoms with Crippen molar-refractivity contribution in [3.63, 3.8) is 0 Å². The SMILES string of the molecule is CC(C)(Oc1ccc(Cl)cc1)C(=O)NC(C(=O)N[C@@H]1C(=O)N2[C@@H]1SC(C)(C)[C@@H]2C(=O)O)c1ccccc1. The lowest BCUT2D eigenvalue weighted by Crippen LogP contribution is -2.71. The maximum Gasteiger partial charge on any atom is 0.327 e. The zero-order valence-corrected chi connectivity index (χ0v) is 22.3. The van der Waals surface area contributed by atoms with Crippen LogP contribution in [0.2, 0.25) is 5.02 Å². The Labute approximate surface area is 223 Å². The smallest absolute Gasteiger partial charge is 0.327 e. The third kappa shape index (κ3) is 5.26. The first-order chi connectivity index (χ1) is 17.3. The molecule has 11 heteroatoms. The molecule has 1 unspecified atom stereocenters. The van der Waals surface area contributed by atoms with Gasteiger partial charge in [-0.2, -0.15) is 0 Å². The van der Waals surface area contributed by atoms with Crippen molar-refractivity contribution in [2.45, 2.75) is 61.5 Å². The normalized spacial score (nSPS) is 22.9. The molecule has 0 bridgehead atoms. The van der Waals surface area contributed by atoms with E-state index in [1.807, 2.05) is 0 Å². The third-order valence-electron chi connectivity index (χ3n) is 6.38. The highest BCUT2D eigenvalue weighted by Gasteiger charge is 2.64. The molecular weight excluding hydrogens is 518 g/mol. The van der Waals surface area contributed by atoms with Crippen LogP contribution >= 0.6 is 23.4 Å². The van der Waals surface area contributed by atoms with Gasteiger partial charge in [0.15, 0.2) is 5.60 Å². The number of carboxylic acid groups (broad SMARTS) is 1. The number of benzene rings is 2. The summed E-state index contributed by atoms with van der Waals surface area (Å²) in [6, 6.07) is 12.2. The number of amides is 3. The van der Waals surface area contributed by atoms with Gasteiger partial charge >= 0.3 is 5.97 Å². The zero-order chi connectivity index (χ0) is 27.1. The molecule has 2 aromatic carbocycles. The lowest BCUT2D eigenvalue weighted by Gasteiger charge is -2.44. The van der Waals surface area contributed by atoms with Gasteiger partial charge in [-0.1, -0.05) is 41.9 Å². The number of β-lactam (4-membered cyclic amide) rings is 1. The minimum Gasteiger partial charge on any atom is -0.480 e. The number of thioether (sulfide) groups is 1. The second-order valence-electron chi connectivity index (χ2n) is 9.97. The first kappa shape index (κ1) is 26.8. The maximum absolute atomic E-state index is 13.4. The molecular formula is C26H28ClN3O6S. The van der Waals surface area contributed by atoms with Gasteiger partial charge in [-0.05, 0) is 57.5 Å². The molecule has 0 aliphatic carbocycles. The van der Waals surface area contributed by atoms with Crippen molar-refractivity contribution < 1.29 is 29.0 Å². The van der Waals surface area contributed by atoms with Gasteiger partial charge in [-0.3, -0.25) is 14.4 Å². The van der Waals surface area contributed by atoms with Crippen LogP contribution in [0, 0.1) is 0 Å². The van der Waals surface area contributed by atoms with E-state index < -0.39 is 57.5 Å². The summed E-state index contributed by atoms with van der Waals surface area (Å²) in [7, 11) is 0. The van der Waals surface area contributed by atoms with Crippen LogP contribution in [0.25, 0.3) is 0 Å². The second-order valence-corrected chi connectivity index (χ2v) is 12.2. The third-order valence-corrected chi connectivity index (χ3v) is 8.20. The van der Waals surface area contributed by atoms with E-state index in [0.717, 1.165) is 0 Å².